The first-order valence-corrected chi connectivity index (χ1v) is 6.90. The molecular weight excluding hydrogens is 300 g/mol. The lowest BCUT2D eigenvalue weighted by Crippen LogP contribution is -2.08. The summed E-state index contributed by atoms with van der Waals surface area (Å²) in [6.07, 6.45) is 0. The van der Waals surface area contributed by atoms with Gasteiger partial charge < -0.3 is 18.9 Å². The first-order chi connectivity index (χ1) is 8.76. The van der Waals surface area contributed by atoms with E-state index in [2.05, 4.69) is 15.9 Å². The maximum Gasteiger partial charge on any atom is 0.203 e. The monoisotopic (exact) mass is 318 g/mol. The summed E-state index contributed by atoms with van der Waals surface area (Å²) in [6.45, 7) is 3.64. The highest BCUT2D eigenvalue weighted by Crippen LogP contribution is 2.38. The molecule has 0 heterocycles. The topological polar surface area (TPSA) is 36.9 Å². The molecule has 0 amide bonds. The third kappa shape index (κ3) is 4.07. The van der Waals surface area contributed by atoms with Gasteiger partial charge >= 0.3 is 0 Å². The van der Waals surface area contributed by atoms with Crippen LogP contribution in [0.25, 0.3) is 0 Å². The Morgan fingerprint density at radius 3 is 2.11 bits per heavy atom. The molecule has 1 rings (SSSR count). The van der Waals surface area contributed by atoms with E-state index < -0.39 is 0 Å². The number of rotatable bonds is 8. The lowest BCUT2D eigenvalue weighted by atomic mass is 10.2. The van der Waals surface area contributed by atoms with Gasteiger partial charge in [-0.25, -0.2) is 0 Å². The van der Waals surface area contributed by atoms with Gasteiger partial charge in [-0.05, 0) is 24.6 Å². The van der Waals surface area contributed by atoms with E-state index >= 15 is 0 Å². The van der Waals surface area contributed by atoms with Crippen LogP contribution < -0.4 is 14.2 Å². The Morgan fingerprint density at radius 2 is 1.67 bits per heavy atom. The molecule has 0 atom stereocenters. The van der Waals surface area contributed by atoms with Crippen LogP contribution >= 0.6 is 15.9 Å². The molecule has 1 aromatic carbocycles. The van der Waals surface area contributed by atoms with Crippen molar-refractivity contribution in [3.8, 4) is 17.2 Å². The van der Waals surface area contributed by atoms with Crippen LogP contribution in [-0.2, 0) is 10.1 Å². The second kappa shape index (κ2) is 8.21. The molecule has 0 N–H and O–H groups in total. The number of ether oxygens (including phenoxy) is 4. The minimum atomic E-state index is 0.466. The Hall–Kier alpha value is -0.940. The van der Waals surface area contributed by atoms with Crippen LogP contribution in [0.5, 0.6) is 17.2 Å². The molecule has 4 nitrogen and oxygen atoms in total. The van der Waals surface area contributed by atoms with Gasteiger partial charge in [-0.3, -0.25) is 0 Å². The number of methoxy groups -OCH3 is 2. The van der Waals surface area contributed by atoms with Gasteiger partial charge in [0.25, 0.3) is 0 Å². The smallest absolute Gasteiger partial charge is 0.203 e. The van der Waals surface area contributed by atoms with Gasteiger partial charge in [-0.15, -0.1) is 0 Å². The average Bonchev–Trinajstić information content (AvgIpc) is 2.42. The van der Waals surface area contributed by atoms with E-state index in [1.165, 1.54) is 0 Å². The summed E-state index contributed by atoms with van der Waals surface area (Å²) in [5.74, 6) is 1.95. The van der Waals surface area contributed by atoms with Crippen molar-refractivity contribution < 1.29 is 18.9 Å². The Kier molecular flexibility index (Phi) is 6.90. The Bertz CT molecular complexity index is 343. The van der Waals surface area contributed by atoms with E-state index in [0.29, 0.717) is 37.1 Å². The zero-order chi connectivity index (χ0) is 13.4. The molecule has 0 bridgehead atoms. The first kappa shape index (κ1) is 15.1. The van der Waals surface area contributed by atoms with E-state index in [1.807, 2.05) is 19.1 Å². The van der Waals surface area contributed by atoms with E-state index in [-0.39, 0.29) is 0 Å². The van der Waals surface area contributed by atoms with Crippen LogP contribution in [0, 0.1) is 0 Å². The first-order valence-electron chi connectivity index (χ1n) is 5.78. The fourth-order valence-corrected chi connectivity index (χ4v) is 1.82. The van der Waals surface area contributed by atoms with E-state index in [4.69, 9.17) is 18.9 Å². The Morgan fingerprint density at radius 1 is 1.06 bits per heavy atom. The molecule has 0 radical (unpaired) electrons. The molecule has 0 unspecified atom stereocenters. The van der Waals surface area contributed by atoms with Crippen molar-refractivity contribution in [1.82, 2.24) is 0 Å². The highest BCUT2D eigenvalue weighted by Gasteiger charge is 2.13. The van der Waals surface area contributed by atoms with Crippen molar-refractivity contribution in [2.45, 2.75) is 12.3 Å². The fourth-order valence-electron chi connectivity index (χ4n) is 1.50. The molecule has 0 saturated carbocycles. The van der Waals surface area contributed by atoms with Crippen molar-refractivity contribution in [3.63, 3.8) is 0 Å². The van der Waals surface area contributed by atoms with Crippen LogP contribution in [0.3, 0.4) is 0 Å². The molecule has 0 aliphatic heterocycles. The summed E-state index contributed by atoms with van der Waals surface area (Å²) in [5, 5.41) is 0.735. The summed E-state index contributed by atoms with van der Waals surface area (Å²) in [7, 11) is 3.23. The molecule has 0 spiro atoms. The zero-order valence-electron chi connectivity index (χ0n) is 11.0. The normalized spacial score (nSPS) is 10.2. The molecule has 18 heavy (non-hydrogen) atoms. The number of hydrogen-bond donors (Lipinski definition) is 0. The van der Waals surface area contributed by atoms with Crippen molar-refractivity contribution >= 4 is 15.9 Å². The molecule has 0 aliphatic carbocycles. The molecule has 0 saturated heterocycles. The van der Waals surface area contributed by atoms with E-state index in [1.54, 1.807) is 14.2 Å². The van der Waals surface area contributed by atoms with Gasteiger partial charge in [0.15, 0.2) is 11.5 Å². The van der Waals surface area contributed by atoms with Gasteiger partial charge in [0.1, 0.15) is 6.61 Å². The second-order valence-electron chi connectivity index (χ2n) is 3.51. The third-order valence-electron chi connectivity index (χ3n) is 2.35. The summed E-state index contributed by atoms with van der Waals surface area (Å²) in [4.78, 5) is 0. The second-order valence-corrected chi connectivity index (χ2v) is 4.07. The molecule has 0 fully saturated rings. The molecular formula is C13H19BrO4. The van der Waals surface area contributed by atoms with Crippen LogP contribution in [0.2, 0.25) is 0 Å². The maximum absolute atomic E-state index is 5.66. The minimum Gasteiger partial charge on any atom is -0.493 e. The lowest BCUT2D eigenvalue weighted by Gasteiger charge is -2.15. The SMILES string of the molecule is CCOCCOc1c(OC)cc(CBr)cc1OC. The average molecular weight is 319 g/mol. The lowest BCUT2D eigenvalue weighted by molar-refractivity contribution is 0.107. The molecule has 0 aliphatic rings. The number of alkyl halides is 1. The van der Waals surface area contributed by atoms with Crippen LogP contribution in [0.1, 0.15) is 12.5 Å². The van der Waals surface area contributed by atoms with Crippen LogP contribution in [0.15, 0.2) is 12.1 Å². The minimum absolute atomic E-state index is 0.466. The summed E-state index contributed by atoms with van der Waals surface area (Å²) in [5.41, 5.74) is 1.07. The highest BCUT2D eigenvalue weighted by atomic mass is 79.9. The Balaban J connectivity index is 2.85. The van der Waals surface area contributed by atoms with Crippen molar-refractivity contribution in [3.05, 3.63) is 17.7 Å². The fraction of sp³-hybridized carbons (Fsp3) is 0.538. The molecule has 0 aromatic heterocycles. The molecule has 1 aromatic rings. The largest absolute Gasteiger partial charge is 0.493 e. The predicted octanol–water partition coefficient (Wildman–Crippen LogP) is 3.01. The van der Waals surface area contributed by atoms with Gasteiger partial charge in [-0.2, -0.15) is 0 Å². The summed E-state index contributed by atoms with van der Waals surface area (Å²) < 4.78 is 21.5. The van der Waals surface area contributed by atoms with Gasteiger partial charge in [0.2, 0.25) is 5.75 Å². The van der Waals surface area contributed by atoms with Crippen molar-refractivity contribution in [1.29, 1.82) is 0 Å². The Labute approximate surface area is 116 Å². The van der Waals surface area contributed by atoms with Crippen molar-refractivity contribution in [2.24, 2.45) is 0 Å². The van der Waals surface area contributed by atoms with Gasteiger partial charge in [0, 0.05) is 11.9 Å². The summed E-state index contributed by atoms with van der Waals surface area (Å²) >= 11 is 3.41. The van der Waals surface area contributed by atoms with E-state index in [0.717, 1.165) is 10.9 Å². The van der Waals surface area contributed by atoms with Gasteiger partial charge in [0.05, 0.1) is 20.8 Å². The molecule has 102 valence electrons. The maximum atomic E-state index is 5.66. The standard InChI is InChI=1S/C13H19BrO4/c1-4-17-5-6-18-13-11(15-2)7-10(9-14)8-12(13)16-3/h7-8H,4-6,9H2,1-3H3. The van der Waals surface area contributed by atoms with Crippen LogP contribution in [0.4, 0.5) is 0 Å². The number of hydrogen-bond acceptors (Lipinski definition) is 4. The quantitative estimate of drug-likeness (QED) is 0.545. The number of benzene rings is 1. The van der Waals surface area contributed by atoms with E-state index in [9.17, 15) is 0 Å². The predicted molar refractivity (Wildman–Crippen MR) is 74.2 cm³/mol. The third-order valence-corrected chi connectivity index (χ3v) is 3.00. The number of halogens is 1. The zero-order valence-corrected chi connectivity index (χ0v) is 12.6. The molecule has 5 heteroatoms. The van der Waals surface area contributed by atoms with Crippen molar-refractivity contribution in [2.75, 3.05) is 34.0 Å². The summed E-state index contributed by atoms with van der Waals surface area (Å²) in [6, 6.07) is 3.85. The highest BCUT2D eigenvalue weighted by molar-refractivity contribution is 9.08. The van der Waals surface area contributed by atoms with Gasteiger partial charge in [-0.1, -0.05) is 15.9 Å². The van der Waals surface area contributed by atoms with Crippen LogP contribution in [-0.4, -0.2) is 34.0 Å².